The molecular weight excluding hydrogens is 276 g/mol. The Labute approximate surface area is 125 Å². The van der Waals surface area contributed by atoms with Crippen LogP contribution >= 0.6 is 12.4 Å². The maximum absolute atomic E-state index is 6.08. The molecule has 5 nitrogen and oxygen atoms in total. The van der Waals surface area contributed by atoms with E-state index in [0.29, 0.717) is 17.8 Å². The lowest BCUT2D eigenvalue weighted by atomic mass is 10.1. The summed E-state index contributed by atoms with van der Waals surface area (Å²) in [5.41, 5.74) is 7.04. The molecule has 0 saturated carbocycles. The number of nitrogens with zero attached hydrogens (tertiary/aromatic N) is 2. The van der Waals surface area contributed by atoms with Crippen LogP contribution in [0.4, 0.5) is 6.01 Å². The molecule has 0 aliphatic heterocycles. The molecule has 0 saturated heterocycles. The van der Waals surface area contributed by atoms with Crippen LogP contribution in [0.15, 0.2) is 34.7 Å². The van der Waals surface area contributed by atoms with Crippen molar-refractivity contribution in [1.82, 2.24) is 10.2 Å². The number of halogens is 1. The Bertz CT molecular complexity index is 501. The number of benzene rings is 1. The Morgan fingerprint density at radius 3 is 2.55 bits per heavy atom. The summed E-state index contributed by atoms with van der Waals surface area (Å²) < 4.78 is 5.52. The highest BCUT2D eigenvalue weighted by Crippen LogP contribution is 2.19. The van der Waals surface area contributed by atoms with Crippen molar-refractivity contribution in [1.29, 1.82) is 0 Å². The van der Waals surface area contributed by atoms with E-state index in [0.717, 1.165) is 18.5 Å². The number of nitrogens with one attached hydrogen (secondary N) is 1. The Hall–Kier alpha value is -1.59. The van der Waals surface area contributed by atoms with E-state index in [2.05, 4.69) is 29.4 Å². The van der Waals surface area contributed by atoms with Crippen LogP contribution in [0.5, 0.6) is 0 Å². The van der Waals surface area contributed by atoms with Crippen LogP contribution in [0.3, 0.4) is 0 Å². The number of hydrogen-bond acceptors (Lipinski definition) is 5. The number of hydrogen-bond donors (Lipinski definition) is 2. The van der Waals surface area contributed by atoms with Gasteiger partial charge >= 0.3 is 6.01 Å². The van der Waals surface area contributed by atoms with Gasteiger partial charge in [-0.1, -0.05) is 49.3 Å². The molecule has 1 aromatic heterocycles. The zero-order chi connectivity index (χ0) is 13.7. The fourth-order valence-corrected chi connectivity index (χ4v) is 1.70. The molecule has 0 radical (unpaired) electrons. The SMILES string of the molecule is CC(C)CCNc1nnc([C@H](N)c2ccccc2)o1.Cl. The van der Waals surface area contributed by atoms with Crippen molar-refractivity contribution in [3.05, 3.63) is 41.8 Å². The normalized spacial score (nSPS) is 12.0. The first-order valence-corrected chi connectivity index (χ1v) is 6.54. The Balaban J connectivity index is 0.00000200. The van der Waals surface area contributed by atoms with Crippen molar-refractivity contribution in [2.24, 2.45) is 11.7 Å². The van der Waals surface area contributed by atoms with Crippen LogP contribution in [0.2, 0.25) is 0 Å². The van der Waals surface area contributed by atoms with E-state index in [-0.39, 0.29) is 18.4 Å². The highest BCUT2D eigenvalue weighted by Gasteiger charge is 2.15. The van der Waals surface area contributed by atoms with E-state index in [1.54, 1.807) is 0 Å². The summed E-state index contributed by atoms with van der Waals surface area (Å²) in [6.07, 6.45) is 1.06. The van der Waals surface area contributed by atoms with Crippen molar-refractivity contribution in [3.63, 3.8) is 0 Å². The Morgan fingerprint density at radius 1 is 1.20 bits per heavy atom. The molecule has 1 heterocycles. The molecule has 2 aromatic rings. The van der Waals surface area contributed by atoms with Crippen LogP contribution in [-0.4, -0.2) is 16.7 Å². The second kappa shape index (κ2) is 7.87. The number of nitrogens with two attached hydrogens (primary N) is 1. The number of anilines is 1. The highest BCUT2D eigenvalue weighted by molar-refractivity contribution is 5.85. The van der Waals surface area contributed by atoms with E-state index in [1.807, 2.05) is 30.3 Å². The van der Waals surface area contributed by atoms with Gasteiger partial charge in [0.25, 0.3) is 0 Å². The fraction of sp³-hybridized carbons (Fsp3) is 0.429. The predicted molar refractivity (Wildman–Crippen MR) is 82.0 cm³/mol. The van der Waals surface area contributed by atoms with Crippen LogP contribution in [0.1, 0.15) is 37.8 Å². The first-order chi connectivity index (χ1) is 9.16. The maximum atomic E-state index is 6.08. The van der Waals surface area contributed by atoms with Crippen molar-refractivity contribution < 1.29 is 4.42 Å². The minimum atomic E-state index is -0.380. The molecule has 20 heavy (non-hydrogen) atoms. The summed E-state index contributed by atoms with van der Waals surface area (Å²) in [5, 5.41) is 11.0. The summed E-state index contributed by atoms with van der Waals surface area (Å²) in [5.74, 6) is 1.07. The lowest BCUT2D eigenvalue weighted by molar-refractivity contribution is 0.480. The molecule has 0 spiro atoms. The minimum Gasteiger partial charge on any atom is -0.406 e. The average molecular weight is 297 g/mol. The topological polar surface area (TPSA) is 77.0 Å². The lowest BCUT2D eigenvalue weighted by Gasteiger charge is -2.06. The Morgan fingerprint density at radius 2 is 1.90 bits per heavy atom. The van der Waals surface area contributed by atoms with E-state index in [4.69, 9.17) is 10.2 Å². The van der Waals surface area contributed by atoms with Gasteiger partial charge in [-0.05, 0) is 17.9 Å². The molecule has 2 rings (SSSR count). The second-order valence-electron chi connectivity index (χ2n) is 4.94. The predicted octanol–water partition coefficient (Wildman–Crippen LogP) is 3.00. The average Bonchev–Trinajstić information content (AvgIpc) is 2.87. The van der Waals surface area contributed by atoms with Crippen LogP contribution in [0, 0.1) is 5.92 Å². The van der Waals surface area contributed by atoms with Gasteiger partial charge in [-0.2, -0.15) is 0 Å². The third kappa shape index (κ3) is 4.51. The number of aromatic nitrogens is 2. The summed E-state index contributed by atoms with van der Waals surface area (Å²) in [6, 6.07) is 9.77. The first-order valence-electron chi connectivity index (χ1n) is 6.54. The zero-order valence-electron chi connectivity index (χ0n) is 11.7. The van der Waals surface area contributed by atoms with Gasteiger partial charge < -0.3 is 15.5 Å². The molecule has 110 valence electrons. The standard InChI is InChI=1S/C14H20N4O.ClH/c1-10(2)8-9-16-14-18-17-13(19-14)12(15)11-6-4-3-5-7-11;/h3-7,10,12H,8-9,15H2,1-2H3,(H,16,18);1H/t12-;/m1./s1. The third-order valence-electron chi connectivity index (χ3n) is 2.86. The first kappa shape index (κ1) is 16.5. The van der Waals surface area contributed by atoms with Crippen LogP contribution < -0.4 is 11.1 Å². The van der Waals surface area contributed by atoms with E-state index in [1.165, 1.54) is 0 Å². The largest absolute Gasteiger partial charge is 0.406 e. The van der Waals surface area contributed by atoms with Gasteiger partial charge in [0, 0.05) is 6.54 Å². The van der Waals surface area contributed by atoms with Crippen LogP contribution in [0.25, 0.3) is 0 Å². The molecular formula is C14H21ClN4O. The molecule has 0 aliphatic carbocycles. The molecule has 0 unspecified atom stereocenters. The van der Waals surface area contributed by atoms with E-state index >= 15 is 0 Å². The third-order valence-corrected chi connectivity index (χ3v) is 2.86. The summed E-state index contributed by atoms with van der Waals surface area (Å²) in [4.78, 5) is 0. The molecule has 0 fully saturated rings. The van der Waals surface area contributed by atoms with Gasteiger partial charge in [-0.25, -0.2) is 0 Å². The van der Waals surface area contributed by atoms with Crippen molar-refractivity contribution >= 4 is 18.4 Å². The lowest BCUT2D eigenvalue weighted by Crippen LogP contribution is -2.12. The number of rotatable bonds is 6. The van der Waals surface area contributed by atoms with Crippen molar-refractivity contribution in [2.75, 3.05) is 11.9 Å². The molecule has 1 aromatic carbocycles. The quantitative estimate of drug-likeness (QED) is 0.857. The van der Waals surface area contributed by atoms with E-state index in [9.17, 15) is 0 Å². The minimum absolute atomic E-state index is 0. The molecule has 0 bridgehead atoms. The molecule has 1 atom stereocenters. The van der Waals surface area contributed by atoms with Crippen molar-refractivity contribution in [2.45, 2.75) is 26.3 Å². The summed E-state index contributed by atoms with van der Waals surface area (Å²) in [6.45, 7) is 5.17. The van der Waals surface area contributed by atoms with Gasteiger partial charge in [-0.3, -0.25) is 0 Å². The molecule has 0 amide bonds. The van der Waals surface area contributed by atoms with Gasteiger partial charge in [-0.15, -0.1) is 17.5 Å². The van der Waals surface area contributed by atoms with E-state index < -0.39 is 0 Å². The summed E-state index contributed by atoms with van der Waals surface area (Å²) in [7, 11) is 0. The monoisotopic (exact) mass is 296 g/mol. The Kier molecular flexibility index (Phi) is 6.48. The van der Waals surface area contributed by atoms with Gasteiger partial charge in [0.15, 0.2) is 0 Å². The molecule has 6 heteroatoms. The zero-order valence-corrected chi connectivity index (χ0v) is 12.6. The van der Waals surface area contributed by atoms with Crippen molar-refractivity contribution in [3.8, 4) is 0 Å². The smallest absolute Gasteiger partial charge is 0.315 e. The van der Waals surface area contributed by atoms with Crippen LogP contribution in [-0.2, 0) is 0 Å². The maximum Gasteiger partial charge on any atom is 0.315 e. The molecule has 3 N–H and O–H groups in total. The van der Waals surface area contributed by atoms with Gasteiger partial charge in [0.1, 0.15) is 6.04 Å². The van der Waals surface area contributed by atoms with Gasteiger partial charge in [0.2, 0.25) is 5.89 Å². The fourth-order valence-electron chi connectivity index (χ4n) is 1.70. The second-order valence-corrected chi connectivity index (χ2v) is 4.94. The summed E-state index contributed by atoms with van der Waals surface area (Å²) >= 11 is 0. The van der Waals surface area contributed by atoms with Gasteiger partial charge in [0.05, 0.1) is 0 Å². The highest BCUT2D eigenvalue weighted by atomic mass is 35.5. The molecule has 0 aliphatic rings.